The smallest absolute Gasteiger partial charge is 0.257 e. The summed E-state index contributed by atoms with van der Waals surface area (Å²) in [4.78, 5) is 29.7. The zero-order chi connectivity index (χ0) is 24.8. The molecule has 0 radical (unpaired) electrons. The molecule has 2 aliphatic heterocycles. The highest BCUT2D eigenvalue weighted by Gasteiger charge is 2.35. The Kier molecular flexibility index (Phi) is 8.89. The summed E-state index contributed by atoms with van der Waals surface area (Å²) in [5.74, 6) is -0.454. The first-order valence-electron chi connectivity index (χ1n) is 11.7. The zero-order valence-corrected chi connectivity index (χ0v) is 20.7. The van der Waals surface area contributed by atoms with Crippen molar-refractivity contribution in [3.05, 3.63) is 29.3 Å². The molecule has 2 aliphatic rings. The fourth-order valence-electron chi connectivity index (χ4n) is 4.64. The van der Waals surface area contributed by atoms with Crippen LogP contribution in [0.3, 0.4) is 0 Å². The van der Waals surface area contributed by atoms with Crippen molar-refractivity contribution in [2.24, 2.45) is 5.92 Å². The second-order valence-corrected chi connectivity index (χ2v) is 9.08. The van der Waals surface area contributed by atoms with Crippen molar-refractivity contribution in [2.45, 2.75) is 50.6 Å². The van der Waals surface area contributed by atoms with Crippen molar-refractivity contribution in [1.29, 1.82) is 5.26 Å². The van der Waals surface area contributed by atoms with Crippen LogP contribution in [0.1, 0.15) is 42.1 Å². The molecule has 0 N–H and O–H groups in total. The van der Waals surface area contributed by atoms with Gasteiger partial charge in [0.1, 0.15) is 11.9 Å². The largest absolute Gasteiger partial charge is 0.493 e. The van der Waals surface area contributed by atoms with Crippen molar-refractivity contribution >= 4 is 11.8 Å². The van der Waals surface area contributed by atoms with Gasteiger partial charge in [0.25, 0.3) is 5.91 Å². The van der Waals surface area contributed by atoms with Gasteiger partial charge in [-0.3, -0.25) is 9.59 Å². The van der Waals surface area contributed by atoms with Gasteiger partial charge in [0.05, 0.1) is 48.0 Å². The van der Waals surface area contributed by atoms with E-state index in [1.54, 1.807) is 45.2 Å². The number of benzene rings is 1. The average Bonchev–Trinajstić information content (AvgIpc) is 2.85. The third kappa shape index (κ3) is 5.87. The van der Waals surface area contributed by atoms with Crippen LogP contribution in [0, 0.1) is 17.2 Å². The Labute approximate surface area is 201 Å². The van der Waals surface area contributed by atoms with Crippen LogP contribution < -0.4 is 4.74 Å². The van der Waals surface area contributed by atoms with Gasteiger partial charge in [0.2, 0.25) is 5.91 Å². The van der Waals surface area contributed by atoms with E-state index in [0.29, 0.717) is 36.4 Å². The molecule has 0 aromatic heterocycles. The molecule has 1 fully saturated rings. The third-order valence-electron chi connectivity index (χ3n) is 6.77. The summed E-state index contributed by atoms with van der Waals surface area (Å²) in [5.41, 5.74) is 0.678. The van der Waals surface area contributed by atoms with Crippen LogP contribution >= 0.6 is 0 Å². The maximum Gasteiger partial charge on any atom is 0.257 e. The Bertz CT molecular complexity index is 916. The number of likely N-dealkylation sites (N-methyl/N-ethyl adjacent to an activating group) is 2. The van der Waals surface area contributed by atoms with E-state index >= 15 is 0 Å². The number of carbonyl (C=O) groups excluding carboxylic acids is 2. The molecule has 34 heavy (non-hydrogen) atoms. The fourth-order valence-corrected chi connectivity index (χ4v) is 4.64. The molecule has 0 spiro atoms. The second-order valence-electron chi connectivity index (χ2n) is 9.08. The monoisotopic (exact) mass is 473 g/mol. The van der Waals surface area contributed by atoms with Gasteiger partial charge < -0.3 is 28.7 Å². The lowest BCUT2D eigenvalue weighted by Crippen LogP contribution is -2.50. The summed E-state index contributed by atoms with van der Waals surface area (Å²) in [6.07, 6.45) is 1.39. The maximum atomic E-state index is 13.3. The lowest BCUT2D eigenvalue weighted by molar-refractivity contribution is -0.154. The van der Waals surface area contributed by atoms with Gasteiger partial charge >= 0.3 is 0 Å². The van der Waals surface area contributed by atoms with Crippen molar-refractivity contribution in [1.82, 2.24) is 9.80 Å². The second kappa shape index (κ2) is 11.6. The quantitative estimate of drug-likeness (QED) is 0.648. The van der Waals surface area contributed by atoms with Gasteiger partial charge in [-0.25, -0.2) is 0 Å². The minimum Gasteiger partial charge on any atom is -0.493 e. The number of amides is 2. The van der Waals surface area contributed by atoms with Crippen LogP contribution in [-0.2, 0) is 19.0 Å². The van der Waals surface area contributed by atoms with Gasteiger partial charge in [0, 0.05) is 47.8 Å². The Morgan fingerprint density at radius 1 is 1.03 bits per heavy atom. The maximum absolute atomic E-state index is 13.3. The molecule has 3 rings (SSSR count). The number of nitriles is 1. The highest BCUT2D eigenvalue weighted by Crippen LogP contribution is 2.27. The summed E-state index contributed by atoms with van der Waals surface area (Å²) in [6.45, 7) is 2.77. The van der Waals surface area contributed by atoms with Gasteiger partial charge in [-0.2, -0.15) is 5.26 Å². The number of hydrogen-bond acceptors (Lipinski definition) is 7. The number of methoxy groups -OCH3 is 2. The van der Waals surface area contributed by atoms with E-state index in [-0.39, 0.29) is 36.7 Å². The number of fused-ring (bicyclic) bond motifs is 3. The summed E-state index contributed by atoms with van der Waals surface area (Å²) in [7, 11) is 6.61. The molecule has 2 amide bonds. The first-order valence-corrected chi connectivity index (χ1v) is 11.7. The van der Waals surface area contributed by atoms with Crippen LogP contribution in [0.4, 0.5) is 0 Å². The van der Waals surface area contributed by atoms with E-state index in [9.17, 15) is 14.9 Å². The summed E-state index contributed by atoms with van der Waals surface area (Å²) in [6, 6.07) is 6.90. The molecule has 1 aromatic rings. The van der Waals surface area contributed by atoms with E-state index in [2.05, 4.69) is 6.07 Å². The van der Waals surface area contributed by atoms with E-state index in [4.69, 9.17) is 18.9 Å². The van der Waals surface area contributed by atoms with Crippen molar-refractivity contribution < 1.29 is 28.5 Å². The molecule has 9 heteroatoms. The zero-order valence-electron chi connectivity index (χ0n) is 20.7. The van der Waals surface area contributed by atoms with E-state index in [0.717, 1.165) is 12.8 Å². The predicted molar refractivity (Wildman–Crippen MR) is 125 cm³/mol. The molecule has 1 aromatic carbocycles. The number of ether oxygens (including phenoxy) is 4. The number of nitrogens with zero attached hydrogens (tertiary/aromatic N) is 3. The first-order chi connectivity index (χ1) is 16.3. The lowest BCUT2D eigenvalue weighted by atomic mass is 9.97. The molecule has 2 bridgehead atoms. The van der Waals surface area contributed by atoms with Gasteiger partial charge in [-0.15, -0.1) is 0 Å². The molecule has 9 nitrogen and oxygen atoms in total. The van der Waals surface area contributed by atoms with Crippen LogP contribution in [0.15, 0.2) is 18.2 Å². The highest BCUT2D eigenvalue weighted by atomic mass is 16.5. The number of hydrogen-bond donors (Lipinski definition) is 0. The molecule has 186 valence electrons. The SMILES string of the molecule is CO[C@H]1CN(C)C(=O)c2cc(C#N)ccc2OCC[C@H]2CC[C@@H](OC)[C@H](CN(C)C(=O)[C@@H]1C)O2. The van der Waals surface area contributed by atoms with Crippen molar-refractivity contribution in [3.8, 4) is 11.8 Å². The van der Waals surface area contributed by atoms with Gasteiger partial charge in [0.15, 0.2) is 0 Å². The highest BCUT2D eigenvalue weighted by molar-refractivity contribution is 5.97. The minimum absolute atomic E-state index is 0.0443. The molecule has 1 saturated heterocycles. The Hall–Kier alpha value is -2.67. The first kappa shape index (κ1) is 25.9. The summed E-state index contributed by atoms with van der Waals surface area (Å²) >= 11 is 0. The predicted octanol–water partition coefficient (Wildman–Crippen LogP) is 2.08. The standard InChI is InChI=1S/C25H35N3O6/c1-16-22(32-5)14-28(3)25(30)19-12-17(13-26)6-8-20(19)33-11-10-18-7-9-21(31-4)23(34-18)15-27(2)24(16)29/h6,8,12,16,18,21-23H,7,9-11,14-15H2,1-5H3/t16-,18-,21-,22+,23+/m1/s1. The molecule has 2 heterocycles. The van der Waals surface area contributed by atoms with Crippen LogP contribution in [-0.4, -0.2) is 94.0 Å². The van der Waals surface area contributed by atoms with Gasteiger partial charge in [-0.1, -0.05) is 6.92 Å². The van der Waals surface area contributed by atoms with E-state index in [1.807, 2.05) is 0 Å². The molecular formula is C25H35N3O6. The van der Waals surface area contributed by atoms with Crippen molar-refractivity contribution in [2.75, 3.05) is 48.0 Å². The van der Waals surface area contributed by atoms with Crippen molar-refractivity contribution in [3.63, 3.8) is 0 Å². The number of carbonyl (C=O) groups is 2. The number of rotatable bonds is 2. The summed E-state index contributed by atoms with van der Waals surface area (Å²) in [5, 5.41) is 9.33. The van der Waals surface area contributed by atoms with Crippen LogP contribution in [0.2, 0.25) is 0 Å². The molecule has 0 unspecified atom stereocenters. The molecule has 0 saturated carbocycles. The van der Waals surface area contributed by atoms with Crippen LogP contribution in [0.5, 0.6) is 5.75 Å². The Balaban J connectivity index is 1.93. The summed E-state index contributed by atoms with van der Waals surface area (Å²) < 4.78 is 23.6. The third-order valence-corrected chi connectivity index (χ3v) is 6.77. The van der Waals surface area contributed by atoms with E-state index in [1.165, 1.54) is 18.1 Å². The normalized spacial score (nSPS) is 29.2. The Morgan fingerprint density at radius 2 is 1.76 bits per heavy atom. The average molecular weight is 474 g/mol. The molecule has 5 atom stereocenters. The lowest BCUT2D eigenvalue weighted by Gasteiger charge is -2.38. The van der Waals surface area contributed by atoms with Crippen LogP contribution in [0.25, 0.3) is 0 Å². The molecular weight excluding hydrogens is 438 g/mol. The molecule has 0 aliphatic carbocycles. The minimum atomic E-state index is -0.515. The topological polar surface area (TPSA) is 101 Å². The van der Waals surface area contributed by atoms with Gasteiger partial charge in [-0.05, 0) is 31.0 Å². The Morgan fingerprint density at radius 3 is 2.44 bits per heavy atom. The fraction of sp³-hybridized carbons (Fsp3) is 0.640. The van der Waals surface area contributed by atoms with E-state index < -0.39 is 12.0 Å².